The van der Waals surface area contributed by atoms with Gasteiger partial charge in [0.05, 0.1) is 19.3 Å². The highest BCUT2D eigenvalue weighted by Gasteiger charge is 2.23. The number of amides is 1. The van der Waals surface area contributed by atoms with E-state index in [9.17, 15) is 4.79 Å². The number of morpholine rings is 1. The molecule has 0 saturated carbocycles. The van der Waals surface area contributed by atoms with Crippen molar-refractivity contribution in [2.24, 2.45) is 0 Å². The van der Waals surface area contributed by atoms with E-state index in [1.54, 1.807) is 17.4 Å². The standard InChI is InChI=1S/C23H24N2O2S/c26-23(11-10-19-7-3-6-18-5-1-2-8-20(18)19)24-17-21(22-9-4-16-28-22)25-12-14-27-15-13-25/h1-11,16,21H,12-15,17H2,(H,24,26). The number of carbonyl (C=O) groups excluding carboxylic acids is 1. The van der Waals surface area contributed by atoms with E-state index in [0.29, 0.717) is 6.54 Å². The van der Waals surface area contributed by atoms with Crippen LogP contribution in [-0.4, -0.2) is 43.7 Å². The average molecular weight is 393 g/mol. The van der Waals surface area contributed by atoms with Gasteiger partial charge in [-0.05, 0) is 33.9 Å². The second-order valence-corrected chi connectivity index (χ2v) is 7.81. The molecule has 4 rings (SSSR count). The van der Waals surface area contributed by atoms with Gasteiger partial charge in [-0.1, -0.05) is 48.5 Å². The summed E-state index contributed by atoms with van der Waals surface area (Å²) in [7, 11) is 0. The van der Waals surface area contributed by atoms with Crippen molar-refractivity contribution in [3.63, 3.8) is 0 Å². The zero-order valence-electron chi connectivity index (χ0n) is 15.7. The highest BCUT2D eigenvalue weighted by atomic mass is 32.1. The van der Waals surface area contributed by atoms with Gasteiger partial charge in [0.25, 0.3) is 0 Å². The van der Waals surface area contributed by atoms with Crippen LogP contribution >= 0.6 is 11.3 Å². The summed E-state index contributed by atoms with van der Waals surface area (Å²) in [5, 5.41) is 7.50. The number of rotatable bonds is 6. The Labute approximate surface area is 169 Å². The normalized spacial score (nSPS) is 16.4. The summed E-state index contributed by atoms with van der Waals surface area (Å²) in [4.78, 5) is 16.1. The van der Waals surface area contributed by atoms with Crippen LogP contribution in [0.3, 0.4) is 0 Å². The quantitative estimate of drug-likeness (QED) is 0.642. The van der Waals surface area contributed by atoms with Gasteiger partial charge in [0, 0.05) is 30.6 Å². The molecule has 2 heterocycles. The van der Waals surface area contributed by atoms with E-state index in [1.807, 2.05) is 30.3 Å². The Morgan fingerprint density at radius 1 is 1.11 bits per heavy atom. The van der Waals surface area contributed by atoms with Gasteiger partial charge in [-0.25, -0.2) is 0 Å². The van der Waals surface area contributed by atoms with Crippen molar-refractivity contribution in [3.05, 3.63) is 76.5 Å². The van der Waals surface area contributed by atoms with Crippen molar-refractivity contribution in [1.29, 1.82) is 0 Å². The van der Waals surface area contributed by atoms with Crippen molar-refractivity contribution in [2.75, 3.05) is 32.8 Å². The van der Waals surface area contributed by atoms with Crippen molar-refractivity contribution in [2.45, 2.75) is 6.04 Å². The van der Waals surface area contributed by atoms with Gasteiger partial charge in [-0.2, -0.15) is 0 Å². The Hall–Kier alpha value is -2.47. The molecule has 0 bridgehead atoms. The molecule has 1 fully saturated rings. The maximum Gasteiger partial charge on any atom is 0.244 e. The molecule has 1 N–H and O–H groups in total. The minimum absolute atomic E-state index is 0.0669. The van der Waals surface area contributed by atoms with Crippen LogP contribution in [0.4, 0.5) is 0 Å². The fourth-order valence-corrected chi connectivity index (χ4v) is 4.46. The van der Waals surface area contributed by atoms with Gasteiger partial charge in [-0.3, -0.25) is 9.69 Å². The topological polar surface area (TPSA) is 41.6 Å². The van der Waals surface area contributed by atoms with Gasteiger partial charge in [0.2, 0.25) is 5.91 Å². The number of benzene rings is 2. The maximum absolute atomic E-state index is 12.5. The molecule has 1 aliphatic heterocycles. The molecule has 28 heavy (non-hydrogen) atoms. The Bertz CT molecular complexity index is 941. The van der Waals surface area contributed by atoms with Crippen LogP contribution in [-0.2, 0) is 9.53 Å². The summed E-state index contributed by atoms with van der Waals surface area (Å²) in [5.41, 5.74) is 1.05. The minimum atomic E-state index is -0.0669. The van der Waals surface area contributed by atoms with Crippen molar-refractivity contribution < 1.29 is 9.53 Å². The molecule has 4 nitrogen and oxygen atoms in total. The number of thiophene rings is 1. The van der Waals surface area contributed by atoms with E-state index >= 15 is 0 Å². The van der Waals surface area contributed by atoms with Gasteiger partial charge >= 0.3 is 0 Å². The maximum atomic E-state index is 12.5. The summed E-state index contributed by atoms with van der Waals surface area (Å²) in [6.07, 6.45) is 3.53. The summed E-state index contributed by atoms with van der Waals surface area (Å²) >= 11 is 1.74. The number of ether oxygens (including phenoxy) is 1. The van der Waals surface area contributed by atoms with Gasteiger partial charge in [0.1, 0.15) is 0 Å². The second-order valence-electron chi connectivity index (χ2n) is 6.83. The van der Waals surface area contributed by atoms with E-state index in [0.717, 1.165) is 37.3 Å². The summed E-state index contributed by atoms with van der Waals surface area (Å²) < 4.78 is 5.48. The molecule has 1 aromatic heterocycles. The predicted octanol–water partition coefficient (Wildman–Crippen LogP) is 4.10. The Morgan fingerprint density at radius 2 is 1.93 bits per heavy atom. The summed E-state index contributed by atoms with van der Waals surface area (Å²) in [6, 6.07) is 18.8. The number of fused-ring (bicyclic) bond motifs is 1. The monoisotopic (exact) mass is 392 g/mol. The molecular formula is C23H24N2O2S. The fourth-order valence-electron chi connectivity index (χ4n) is 3.60. The number of nitrogens with zero attached hydrogens (tertiary/aromatic N) is 1. The minimum Gasteiger partial charge on any atom is -0.379 e. The zero-order chi connectivity index (χ0) is 19.2. The predicted molar refractivity (Wildman–Crippen MR) is 115 cm³/mol. The number of hydrogen-bond acceptors (Lipinski definition) is 4. The third kappa shape index (κ3) is 4.50. The smallest absolute Gasteiger partial charge is 0.244 e. The molecule has 0 aliphatic carbocycles. The first-order chi connectivity index (χ1) is 13.8. The van der Waals surface area contributed by atoms with E-state index in [-0.39, 0.29) is 11.9 Å². The molecule has 1 aliphatic rings. The molecule has 5 heteroatoms. The van der Waals surface area contributed by atoms with Crippen LogP contribution in [0.15, 0.2) is 66.1 Å². The van der Waals surface area contributed by atoms with Gasteiger partial charge in [-0.15, -0.1) is 11.3 Å². The molecule has 144 valence electrons. The SMILES string of the molecule is O=C(C=Cc1cccc2ccccc12)NCC(c1cccs1)N1CCOCC1. The Morgan fingerprint density at radius 3 is 2.75 bits per heavy atom. The van der Waals surface area contributed by atoms with Crippen LogP contribution in [0.2, 0.25) is 0 Å². The van der Waals surface area contributed by atoms with Crippen LogP contribution in [0.1, 0.15) is 16.5 Å². The van der Waals surface area contributed by atoms with E-state index in [4.69, 9.17) is 4.74 Å². The van der Waals surface area contributed by atoms with Crippen LogP contribution in [0.5, 0.6) is 0 Å². The summed E-state index contributed by atoms with van der Waals surface area (Å²) in [6.45, 7) is 3.88. The molecule has 3 aromatic rings. The van der Waals surface area contributed by atoms with Gasteiger partial charge in [0.15, 0.2) is 0 Å². The van der Waals surface area contributed by atoms with E-state index in [2.05, 4.69) is 45.9 Å². The highest BCUT2D eigenvalue weighted by Crippen LogP contribution is 2.25. The Balaban J connectivity index is 1.42. The number of carbonyl (C=O) groups is 1. The number of nitrogens with one attached hydrogen (secondary N) is 1. The molecule has 2 aromatic carbocycles. The highest BCUT2D eigenvalue weighted by molar-refractivity contribution is 7.10. The van der Waals surface area contributed by atoms with Crippen LogP contribution < -0.4 is 5.32 Å². The summed E-state index contributed by atoms with van der Waals surface area (Å²) in [5.74, 6) is -0.0669. The Kier molecular flexibility index (Phi) is 6.17. The van der Waals surface area contributed by atoms with E-state index < -0.39 is 0 Å². The van der Waals surface area contributed by atoms with Crippen molar-refractivity contribution >= 4 is 34.1 Å². The first-order valence-electron chi connectivity index (χ1n) is 9.60. The molecule has 1 amide bonds. The lowest BCUT2D eigenvalue weighted by Gasteiger charge is -2.34. The van der Waals surface area contributed by atoms with E-state index in [1.165, 1.54) is 10.3 Å². The first-order valence-corrected chi connectivity index (χ1v) is 10.5. The largest absolute Gasteiger partial charge is 0.379 e. The molecular weight excluding hydrogens is 368 g/mol. The van der Waals surface area contributed by atoms with Crippen LogP contribution in [0, 0.1) is 0 Å². The fraction of sp³-hybridized carbons (Fsp3) is 0.261. The molecule has 1 saturated heterocycles. The van der Waals surface area contributed by atoms with Crippen LogP contribution in [0.25, 0.3) is 16.8 Å². The zero-order valence-corrected chi connectivity index (χ0v) is 16.5. The lowest BCUT2D eigenvalue weighted by atomic mass is 10.0. The lowest BCUT2D eigenvalue weighted by molar-refractivity contribution is -0.116. The third-order valence-electron chi connectivity index (χ3n) is 5.07. The molecule has 1 unspecified atom stereocenters. The van der Waals surface area contributed by atoms with Crippen molar-refractivity contribution in [3.8, 4) is 0 Å². The number of hydrogen-bond donors (Lipinski definition) is 1. The third-order valence-corrected chi connectivity index (χ3v) is 6.04. The molecule has 1 atom stereocenters. The lowest BCUT2D eigenvalue weighted by Crippen LogP contribution is -2.43. The molecule has 0 radical (unpaired) electrons. The second kappa shape index (κ2) is 9.15. The first kappa shape index (κ1) is 18.9. The van der Waals surface area contributed by atoms with Gasteiger partial charge < -0.3 is 10.1 Å². The molecule has 0 spiro atoms. The average Bonchev–Trinajstić information content (AvgIpc) is 3.28. The van der Waals surface area contributed by atoms with Crippen molar-refractivity contribution in [1.82, 2.24) is 10.2 Å².